The van der Waals surface area contributed by atoms with Gasteiger partial charge in [-0.3, -0.25) is 4.68 Å². The van der Waals surface area contributed by atoms with Crippen molar-refractivity contribution in [1.29, 1.82) is 0 Å². The van der Waals surface area contributed by atoms with E-state index in [1.54, 1.807) is 16.8 Å². The molecule has 4 rings (SSSR count). The molecule has 10 heteroatoms. The third-order valence-electron chi connectivity index (χ3n) is 5.84. The van der Waals surface area contributed by atoms with Crippen LogP contribution in [0.3, 0.4) is 0 Å². The number of aliphatic hydroxyl groups excluding tert-OH is 5. The van der Waals surface area contributed by atoms with Crippen molar-refractivity contribution in [2.45, 2.75) is 50.1 Å². The zero-order valence-electron chi connectivity index (χ0n) is 17.9. The Labute approximate surface area is 189 Å². The summed E-state index contributed by atoms with van der Waals surface area (Å²) >= 11 is 0. The summed E-state index contributed by atoms with van der Waals surface area (Å²) in [5.41, 5.74) is 2.65. The van der Waals surface area contributed by atoms with E-state index in [-0.39, 0.29) is 24.8 Å². The summed E-state index contributed by atoms with van der Waals surface area (Å²) in [6.07, 6.45) is -5.79. The van der Waals surface area contributed by atoms with Crippen LogP contribution in [0.1, 0.15) is 11.1 Å². The van der Waals surface area contributed by atoms with Crippen molar-refractivity contribution >= 4 is 10.9 Å². The maximum absolute atomic E-state index is 10.4. The number of aromatic nitrogens is 2. The molecule has 1 aromatic heterocycles. The predicted octanol–water partition coefficient (Wildman–Crippen LogP) is -0.302. The summed E-state index contributed by atoms with van der Waals surface area (Å²) in [7, 11) is 0. The highest BCUT2D eigenvalue weighted by Gasteiger charge is 2.45. The third-order valence-corrected chi connectivity index (χ3v) is 5.84. The second-order valence-corrected chi connectivity index (χ2v) is 8.04. The molecule has 1 fully saturated rings. The van der Waals surface area contributed by atoms with Gasteiger partial charge in [0.15, 0.2) is 0 Å². The molecule has 2 heterocycles. The number of nitrogens with zero attached hydrogens (tertiary/aromatic N) is 2. The number of phenolic OH excluding ortho intramolecular Hbond substituents is 1. The summed E-state index contributed by atoms with van der Waals surface area (Å²) in [6.45, 7) is -0.494. The number of fused-ring (bicyclic) bond motifs is 1. The SMILES string of the molecule is OCCn1nc(O[C@@H]2O[C@H](CO)[C@@H](O)[C@H](O)[C@H]2O)c2c(CCc3ccc(O)cc3)cccc21. The Hall–Kier alpha value is -2.73. The molecule has 3 aromatic rings. The monoisotopic (exact) mass is 460 g/mol. The number of rotatable bonds is 8. The molecule has 0 amide bonds. The second-order valence-electron chi connectivity index (χ2n) is 8.04. The van der Waals surface area contributed by atoms with Gasteiger partial charge in [0.2, 0.25) is 12.2 Å². The maximum Gasteiger partial charge on any atom is 0.243 e. The van der Waals surface area contributed by atoms with E-state index >= 15 is 0 Å². The average molecular weight is 460 g/mol. The van der Waals surface area contributed by atoms with E-state index in [1.165, 1.54) is 0 Å². The molecule has 1 saturated heterocycles. The molecular weight excluding hydrogens is 432 g/mol. The van der Waals surface area contributed by atoms with Crippen LogP contribution in [0, 0.1) is 0 Å². The molecule has 0 spiro atoms. The van der Waals surface area contributed by atoms with Crippen LogP contribution in [0.2, 0.25) is 0 Å². The zero-order chi connectivity index (χ0) is 23.5. The van der Waals surface area contributed by atoms with Crippen LogP contribution in [0.25, 0.3) is 10.9 Å². The fourth-order valence-electron chi connectivity index (χ4n) is 4.03. The third kappa shape index (κ3) is 4.81. The number of aliphatic hydroxyl groups is 5. The highest BCUT2D eigenvalue weighted by Crippen LogP contribution is 2.32. The minimum Gasteiger partial charge on any atom is -0.508 e. The molecular formula is C23H28N2O8. The summed E-state index contributed by atoms with van der Waals surface area (Å²) in [5.74, 6) is 0.338. The van der Waals surface area contributed by atoms with Crippen molar-refractivity contribution in [3.63, 3.8) is 0 Å². The lowest BCUT2D eigenvalue weighted by Crippen LogP contribution is -2.60. The molecule has 0 aliphatic carbocycles. The molecule has 0 unspecified atom stereocenters. The molecule has 33 heavy (non-hydrogen) atoms. The number of phenols is 1. The standard InChI is InChI=1S/C23H28N2O8/c26-11-10-25-16-3-1-2-14(7-4-13-5-8-15(28)9-6-13)18(16)22(24-25)33-23-21(31)20(30)19(29)17(12-27)32-23/h1-3,5-6,8-9,17,19-21,23,26-31H,4,7,10-12H2/t17-,19-,20+,21-,23+/m1/s1. The summed E-state index contributed by atoms with van der Waals surface area (Å²) in [5, 5.41) is 64.0. The number of aromatic hydroxyl groups is 1. The Morgan fingerprint density at radius 1 is 0.939 bits per heavy atom. The van der Waals surface area contributed by atoms with Gasteiger partial charge in [-0.25, -0.2) is 0 Å². The zero-order valence-corrected chi connectivity index (χ0v) is 17.9. The van der Waals surface area contributed by atoms with Gasteiger partial charge in [-0.2, -0.15) is 0 Å². The smallest absolute Gasteiger partial charge is 0.243 e. The van der Waals surface area contributed by atoms with Crippen LogP contribution < -0.4 is 4.74 Å². The summed E-state index contributed by atoms with van der Waals surface area (Å²) < 4.78 is 12.9. The number of hydrogen-bond acceptors (Lipinski definition) is 9. The first-order valence-electron chi connectivity index (χ1n) is 10.8. The first kappa shape index (κ1) is 23.4. The fraction of sp³-hybridized carbons (Fsp3) is 0.435. The van der Waals surface area contributed by atoms with E-state index < -0.39 is 37.3 Å². The molecule has 0 bridgehead atoms. The molecule has 10 nitrogen and oxygen atoms in total. The molecule has 1 aliphatic heterocycles. The lowest BCUT2D eigenvalue weighted by Gasteiger charge is -2.39. The predicted molar refractivity (Wildman–Crippen MR) is 117 cm³/mol. The van der Waals surface area contributed by atoms with Crippen LogP contribution in [0.4, 0.5) is 0 Å². The Balaban J connectivity index is 1.66. The first-order valence-corrected chi connectivity index (χ1v) is 10.8. The highest BCUT2D eigenvalue weighted by molar-refractivity contribution is 5.88. The quantitative estimate of drug-likeness (QED) is 0.265. The van der Waals surface area contributed by atoms with Gasteiger partial charge in [0.1, 0.15) is 30.2 Å². The summed E-state index contributed by atoms with van der Waals surface area (Å²) in [4.78, 5) is 0. The fourth-order valence-corrected chi connectivity index (χ4v) is 4.03. The van der Waals surface area contributed by atoms with Gasteiger partial charge in [0.05, 0.1) is 30.7 Å². The van der Waals surface area contributed by atoms with Crippen LogP contribution >= 0.6 is 0 Å². The van der Waals surface area contributed by atoms with Gasteiger partial charge in [-0.1, -0.05) is 24.3 Å². The van der Waals surface area contributed by atoms with Crippen LogP contribution in [-0.2, 0) is 24.1 Å². The van der Waals surface area contributed by atoms with Gasteiger partial charge in [0, 0.05) is 0 Å². The van der Waals surface area contributed by atoms with E-state index in [1.807, 2.05) is 30.3 Å². The van der Waals surface area contributed by atoms with E-state index in [2.05, 4.69) is 5.10 Å². The van der Waals surface area contributed by atoms with Crippen molar-refractivity contribution in [3.8, 4) is 11.6 Å². The number of benzene rings is 2. The molecule has 1 aliphatic rings. The van der Waals surface area contributed by atoms with Gasteiger partial charge < -0.3 is 40.1 Å². The number of aryl methyl sites for hydroxylation is 2. The maximum atomic E-state index is 10.4. The highest BCUT2D eigenvalue weighted by atomic mass is 16.7. The Morgan fingerprint density at radius 3 is 2.39 bits per heavy atom. The van der Waals surface area contributed by atoms with E-state index in [0.29, 0.717) is 23.7 Å². The van der Waals surface area contributed by atoms with Crippen molar-refractivity contribution in [2.75, 3.05) is 13.2 Å². The van der Waals surface area contributed by atoms with Gasteiger partial charge in [-0.15, -0.1) is 5.10 Å². The van der Waals surface area contributed by atoms with Gasteiger partial charge in [0.25, 0.3) is 0 Å². The van der Waals surface area contributed by atoms with Crippen molar-refractivity contribution in [3.05, 3.63) is 53.6 Å². The van der Waals surface area contributed by atoms with Crippen LogP contribution in [-0.4, -0.2) is 84.3 Å². The molecule has 0 radical (unpaired) electrons. The van der Waals surface area contributed by atoms with Gasteiger partial charge >= 0.3 is 0 Å². The topological polar surface area (TPSA) is 158 Å². The summed E-state index contributed by atoms with van der Waals surface area (Å²) in [6, 6.07) is 12.6. The number of ether oxygens (including phenoxy) is 2. The Bertz CT molecular complexity index is 1070. The minimum absolute atomic E-state index is 0.143. The van der Waals surface area contributed by atoms with Crippen molar-refractivity contribution < 1.29 is 40.1 Å². The minimum atomic E-state index is -1.57. The lowest BCUT2D eigenvalue weighted by molar-refractivity contribution is -0.278. The van der Waals surface area contributed by atoms with E-state index in [4.69, 9.17) is 9.47 Å². The molecule has 0 saturated carbocycles. The lowest BCUT2D eigenvalue weighted by atomic mass is 9.99. The van der Waals surface area contributed by atoms with Crippen molar-refractivity contribution in [1.82, 2.24) is 9.78 Å². The van der Waals surface area contributed by atoms with E-state index in [0.717, 1.165) is 11.1 Å². The molecule has 178 valence electrons. The largest absolute Gasteiger partial charge is 0.508 e. The molecule has 5 atom stereocenters. The average Bonchev–Trinajstić information content (AvgIpc) is 3.17. The second kappa shape index (κ2) is 10.0. The normalized spacial score (nSPS) is 25.4. The Morgan fingerprint density at radius 2 is 1.70 bits per heavy atom. The van der Waals surface area contributed by atoms with Gasteiger partial charge in [-0.05, 0) is 42.2 Å². The first-order chi connectivity index (χ1) is 15.9. The molecule has 2 aromatic carbocycles. The van der Waals surface area contributed by atoms with E-state index in [9.17, 15) is 30.6 Å². The van der Waals surface area contributed by atoms with Crippen molar-refractivity contribution in [2.24, 2.45) is 0 Å². The Kier molecular flexibility index (Phi) is 7.13. The van der Waals surface area contributed by atoms with Crippen LogP contribution in [0.5, 0.6) is 11.6 Å². The van der Waals surface area contributed by atoms with Crippen LogP contribution in [0.15, 0.2) is 42.5 Å². The molecule has 6 N–H and O–H groups in total. The number of hydrogen-bond donors (Lipinski definition) is 6.